The van der Waals surface area contributed by atoms with E-state index in [0.29, 0.717) is 9.21 Å². The van der Waals surface area contributed by atoms with Crippen LogP contribution in [0.25, 0.3) is 0 Å². The van der Waals surface area contributed by atoms with Gasteiger partial charge in [-0.3, -0.25) is 4.79 Å². The highest BCUT2D eigenvalue weighted by molar-refractivity contribution is 9.13. The van der Waals surface area contributed by atoms with Gasteiger partial charge in [0.05, 0.1) is 19.6 Å². The normalized spacial score (nSPS) is 11.3. The van der Waals surface area contributed by atoms with E-state index in [9.17, 15) is 4.79 Å². The molecular formula is C7H11Br2N3O3. The second kappa shape index (κ2) is 7.77. The van der Waals surface area contributed by atoms with E-state index in [1.165, 1.54) is 14.0 Å². The van der Waals surface area contributed by atoms with Crippen LogP contribution in [0.5, 0.6) is 0 Å². The first-order valence-corrected chi connectivity index (χ1v) is 5.52. The number of esters is 1. The van der Waals surface area contributed by atoms with Crippen LogP contribution < -0.4 is 0 Å². The number of aromatic nitrogens is 3. The Labute approximate surface area is 104 Å². The van der Waals surface area contributed by atoms with Gasteiger partial charge in [-0.15, -0.1) is 10.2 Å². The van der Waals surface area contributed by atoms with Gasteiger partial charge in [0.15, 0.2) is 9.21 Å². The fraction of sp³-hybridized carbons (Fsp3) is 0.571. The van der Waals surface area contributed by atoms with Crippen LogP contribution in [0.3, 0.4) is 0 Å². The molecule has 2 N–H and O–H groups in total. The third-order valence-electron chi connectivity index (χ3n) is 1.16. The highest BCUT2D eigenvalue weighted by Crippen LogP contribution is 2.14. The van der Waals surface area contributed by atoms with Crippen LogP contribution in [-0.2, 0) is 9.53 Å². The van der Waals surface area contributed by atoms with Gasteiger partial charge in [0.25, 0.3) is 0 Å². The number of H-pyrrole nitrogens is 1. The topological polar surface area (TPSA) is 88.1 Å². The minimum Gasteiger partial charge on any atom is -0.469 e. The number of hydrogen-bond acceptors (Lipinski definition) is 5. The van der Waals surface area contributed by atoms with Gasteiger partial charge in [0.2, 0.25) is 0 Å². The van der Waals surface area contributed by atoms with E-state index < -0.39 is 6.10 Å². The third-order valence-corrected chi connectivity index (χ3v) is 2.79. The van der Waals surface area contributed by atoms with E-state index in [1.807, 2.05) is 0 Å². The lowest BCUT2D eigenvalue weighted by Gasteiger charge is -1.99. The number of carbonyl (C=O) groups excluding carboxylic acids is 1. The number of methoxy groups -OCH3 is 1. The summed E-state index contributed by atoms with van der Waals surface area (Å²) in [5.41, 5.74) is 0. The molecule has 15 heavy (non-hydrogen) atoms. The number of aliphatic hydroxyl groups excluding tert-OH is 1. The summed E-state index contributed by atoms with van der Waals surface area (Å²) in [6, 6.07) is 0. The molecule has 6 nitrogen and oxygen atoms in total. The molecule has 0 saturated carbocycles. The Kier molecular flexibility index (Phi) is 7.53. The van der Waals surface area contributed by atoms with Crippen molar-refractivity contribution in [3.05, 3.63) is 9.21 Å². The molecule has 1 rings (SSSR count). The van der Waals surface area contributed by atoms with Crippen LogP contribution in [0, 0.1) is 0 Å². The van der Waals surface area contributed by atoms with Crippen molar-refractivity contribution >= 4 is 37.8 Å². The maximum Gasteiger partial charge on any atom is 0.308 e. The summed E-state index contributed by atoms with van der Waals surface area (Å²) in [4.78, 5) is 10.2. The Bertz CT molecular complexity index is 287. The molecule has 0 radical (unpaired) electrons. The van der Waals surface area contributed by atoms with Crippen molar-refractivity contribution in [3.8, 4) is 0 Å². The molecule has 1 heterocycles. The number of nitrogens with one attached hydrogen (secondary N) is 1. The molecule has 0 aliphatic carbocycles. The molecule has 0 aliphatic rings. The molecule has 0 aliphatic heterocycles. The monoisotopic (exact) mass is 343 g/mol. The van der Waals surface area contributed by atoms with Crippen LogP contribution >= 0.6 is 31.9 Å². The molecular weight excluding hydrogens is 334 g/mol. The highest BCUT2D eigenvalue weighted by Gasteiger charge is 2.03. The van der Waals surface area contributed by atoms with Crippen LogP contribution in [0.4, 0.5) is 0 Å². The second-order valence-corrected chi connectivity index (χ2v) is 4.04. The van der Waals surface area contributed by atoms with Crippen LogP contribution in [0.1, 0.15) is 13.3 Å². The van der Waals surface area contributed by atoms with Crippen LogP contribution in [-0.4, -0.2) is 39.7 Å². The van der Waals surface area contributed by atoms with Crippen molar-refractivity contribution < 1.29 is 14.6 Å². The van der Waals surface area contributed by atoms with Crippen molar-refractivity contribution in [1.82, 2.24) is 15.4 Å². The van der Waals surface area contributed by atoms with Gasteiger partial charge in [0.1, 0.15) is 0 Å². The summed E-state index contributed by atoms with van der Waals surface area (Å²) >= 11 is 6.23. The van der Waals surface area contributed by atoms with E-state index >= 15 is 0 Å². The fourth-order valence-electron chi connectivity index (χ4n) is 0.530. The minimum atomic E-state index is -0.595. The molecule has 8 heteroatoms. The zero-order chi connectivity index (χ0) is 11.8. The molecule has 0 bridgehead atoms. The first-order chi connectivity index (χ1) is 6.97. The molecule has 1 atom stereocenters. The van der Waals surface area contributed by atoms with Crippen molar-refractivity contribution in [2.75, 3.05) is 7.11 Å². The molecule has 0 amide bonds. The average Bonchev–Trinajstić information content (AvgIpc) is 2.51. The average molecular weight is 345 g/mol. The van der Waals surface area contributed by atoms with E-state index in [2.05, 4.69) is 52.0 Å². The van der Waals surface area contributed by atoms with Gasteiger partial charge in [0, 0.05) is 0 Å². The predicted molar refractivity (Wildman–Crippen MR) is 60.1 cm³/mol. The standard InChI is InChI=1S/C5H10O3.C2HBr2N3/c1-4(6)3-5(7)8-2;3-1-2(4)6-7-5-1/h4,6H,3H2,1-2H3;(H,5,6,7)/t4-;/m0./s1. The summed E-state index contributed by atoms with van der Waals surface area (Å²) in [5.74, 6) is -0.375. The zero-order valence-corrected chi connectivity index (χ0v) is 11.4. The summed E-state index contributed by atoms with van der Waals surface area (Å²) < 4.78 is 5.66. The fourth-order valence-corrected chi connectivity index (χ4v) is 0.866. The second-order valence-electron chi connectivity index (χ2n) is 2.53. The van der Waals surface area contributed by atoms with Gasteiger partial charge in [-0.1, -0.05) is 0 Å². The van der Waals surface area contributed by atoms with Gasteiger partial charge in [-0.2, -0.15) is 5.21 Å². The third kappa shape index (κ3) is 7.46. The largest absolute Gasteiger partial charge is 0.469 e. The number of halogens is 2. The van der Waals surface area contributed by atoms with Crippen molar-refractivity contribution in [3.63, 3.8) is 0 Å². The van der Waals surface area contributed by atoms with Gasteiger partial charge in [-0.05, 0) is 38.8 Å². The number of hydrogen-bond donors (Lipinski definition) is 2. The number of rotatable bonds is 2. The molecule has 0 fully saturated rings. The van der Waals surface area contributed by atoms with E-state index in [0.717, 1.165) is 0 Å². The van der Waals surface area contributed by atoms with Crippen molar-refractivity contribution in [2.24, 2.45) is 0 Å². The zero-order valence-electron chi connectivity index (χ0n) is 8.20. The number of aromatic amines is 1. The Morgan fingerprint density at radius 2 is 2.00 bits per heavy atom. The number of aliphatic hydroxyl groups is 1. The van der Waals surface area contributed by atoms with E-state index in [-0.39, 0.29) is 12.4 Å². The molecule has 1 aromatic rings. The van der Waals surface area contributed by atoms with Crippen LogP contribution in [0.2, 0.25) is 0 Å². The molecule has 86 valence electrons. The lowest BCUT2D eigenvalue weighted by atomic mass is 10.3. The molecule has 1 aromatic heterocycles. The summed E-state index contributed by atoms with van der Waals surface area (Å²) in [7, 11) is 1.30. The Morgan fingerprint density at radius 1 is 1.53 bits per heavy atom. The quantitative estimate of drug-likeness (QED) is 0.788. The Morgan fingerprint density at radius 3 is 2.13 bits per heavy atom. The maximum absolute atomic E-state index is 10.2. The van der Waals surface area contributed by atoms with Crippen molar-refractivity contribution in [2.45, 2.75) is 19.4 Å². The first-order valence-electron chi connectivity index (χ1n) is 3.94. The van der Waals surface area contributed by atoms with Gasteiger partial charge >= 0.3 is 5.97 Å². The highest BCUT2D eigenvalue weighted by atomic mass is 79.9. The number of carbonyl (C=O) groups is 1. The lowest BCUT2D eigenvalue weighted by Crippen LogP contribution is -2.10. The summed E-state index contributed by atoms with van der Waals surface area (Å²) in [5, 5.41) is 18.3. The van der Waals surface area contributed by atoms with E-state index in [1.54, 1.807) is 0 Å². The lowest BCUT2D eigenvalue weighted by molar-refractivity contribution is -0.142. The minimum absolute atomic E-state index is 0.0799. The molecule has 0 unspecified atom stereocenters. The maximum atomic E-state index is 10.2. The number of ether oxygens (including phenoxy) is 1. The smallest absolute Gasteiger partial charge is 0.308 e. The predicted octanol–water partition coefficient (Wildman–Crippen LogP) is 1.26. The molecule has 0 aromatic carbocycles. The Hall–Kier alpha value is -0.470. The Balaban J connectivity index is 0.000000262. The molecule has 0 spiro atoms. The van der Waals surface area contributed by atoms with Gasteiger partial charge < -0.3 is 9.84 Å². The van der Waals surface area contributed by atoms with Crippen LogP contribution in [0.15, 0.2) is 9.21 Å². The van der Waals surface area contributed by atoms with E-state index in [4.69, 9.17) is 5.11 Å². The summed E-state index contributed by atoms with van der Waals surface area (Å²) in [6.07, 6.45) is -0.515. The SMILES string of the molecule is Brc1n[nH]nc1Br.COC(=O)C[C@H](C)O. The van der Waals surface area contributed by atoms with Crippen molar-refractivity contribution in [1.29, 1.82) is 0 Å². The van der Waals surface area contributed by atoms with Gasteiger partial charge in [-0.25, -0.2) is 0 Å². The first kappa shape index (κ1) is 14.5. The summed E-state index contributed by atoms with van der Waals surface area (Å²) in [6.45, 7) is 1.54. The number of nitrogens with zero attached hydrogens (tertiary/aromatic N) is 2. The molecule has 0 saturated heterocycles.